The standard InChI is InChI=1S/C39H28BrFN4S/c40-36-22-21-35(46-36)34-24-42-37-23-18-28(25-44(34)37)33-26-45(43-38(33)27-16-19-32(41)20-17-27)39(29-10-4-1-5-11-29,30-12-6-2-7-13-30)31-14-8-3-9-15-31/h1-14,16-26,31H,15H2. The molecule has 0 saturated heterocycles. The van der Waals surface area contributed by atoms with Crippen molar-refractivity contribution in [3.63, 3.8) is 0 Å². The first-order valence-electron chi connectivity index (χ1n) is 15.1. The van der Waals surface area contributed by atoms with Gasteiger partial charge in [0.15, 0.2) is 0 Å². The number of imidazole rings is 1. The van der Waals surface area contributed by atoms with Crippen LogP contribution in [0.3, 0.4) is 0 Å². The molecular formula is C39H28BrFN4S. The molecule has 7 aromatic rings. The van der Waals surface area contributed by atoms with Gasteiger partial charge in [-0.1, -0.05) is 85.0 Å². The predicted molar refractivity (Wildman–Crippen MR) is 188 cm³/mol. The second-order valence-corrected chi connectivity index (χ2v) is 13.9. The Hall–Kier alpha value is -4.85. The van der Waals surface area contributed by atoms with E-state index in [0.717, 1.165) is 59.9 Å². The number of thiophene rings is 1. The Morgan fingerprint density at radius 1 is 0.783 bits per heavy atom. The van der Waals surface area contributed by atoms with Gasteiger partial charge in [-0.2, -0.15) is 5.10 Å². The number of pyridine rings is 1. The molecular weight excluding hydrogens is 655 g/mol. The van der Waals surface area contributed by atoms with Crippen molar-refractivity contribution in [3.05, 3.63) is 173 Å². The van der Waals surface area contributed by atoms with Crippen LogP contribution in [0.1, 0.15) is 17.5 Å². The van der Waals surface area contributed by atoms with Gasteiger partial charge in [0.1, 0.15) is 22.7 Å². The van der Waals surface area contributed by atoms with Crippen molar-refractivity contribution in [2.75, 3.05) is 0 Å². The van der Waals surface area contributed by atoms with Gasteiger partial charge in [-0.25, -0.2) is 9.37 Å². The molecule has 1 aliphatic carbocycles. The fourth-order valence-corrected chi connectivity index (χ4v) is 8.06. The maximum atomic E-state index is 14.2. The van der Waals surface area contributed by atoms with Gasteiger partial charge in [0.2, 0.25) is 0 Å². The van der Waals surface area contributed by atoms with Crippen molar-refractivity contribution >= 4 is 32.9 Å². The first-order chi connectivity index (χ1) is 22.6. The van der Waals surface area contributed by atoms with Gasteiger partial charge in [-0.05, 0) is 82.0 Å². The van der Waals surface area contributed by atoms with E-state index in [9.17, 15) is 4.39 Å². The monoisotopic (exact) mass is 682 g/mol. The summed E-state index contributed by atoms with van der Waals surface area (Å²) in [6.07, 6.45) is 15.8. The molecule has 4 nitrogen and oxygen atoms in total. The fraction of sp³-hybridized carbons (Fsp3) is 0.0769. The molecule has 0 spiro atoms. The van der Waals surface area contributed by atoms with Crippen LogP contribution in [0.25, 0.3) is 38.6 Å². The largest absolute Gasteiger partial charge is 0.298 e. The molecule has 1 aliphatic rings. The van der Waals surface area contributed by atoms with Crippen LogP contribution in [0, 0.1) is 11.7 Å². The van der Waals surface area contributed by atoms with Crippen molar-refractivity contribution in [3.8, 4) is 33.0 Å². The van der Waals surface area contributed by atoms with Gasteiger partial charge in [0, 0.05) is 35.0 Å². The lowest BCUT2D eigenvalue weighted by Gasteiger charge is -2.41. The molecule has 0 saturated carbocycles. The Morgan fingerprint density at radius 3 is 2.15 bits per heavy atom. The second kappa shape index (κ2) is 11.8. The number of halogens is 2. The van der Waals surface area contributed by atoms with Crippen molar-refractivity contribution in [1.82, 2.24) is 19.2 Å². The summed E-state index contributed by atoms with van der Waals surface area (Å²) in [6.45, 7) is 0. The highest BCUT2D eigenvalue weighted by Crippen LogP contribution is 2.46. The highest BCUT2D eigenvalue weighted by Gasteiger charge is 2.44. The first-order valence-corrected chi connectivity index (χ1v) is 16.8. The van der Waals surface area contributed by atoms with E-state index in [1.165, 1.54) is 12.1 Å². The Labute approximate surface area is 279 Å². The third-order valence-electron chi connectivity index (χ3n) is 8.78. The van der Waals surface area contributed by atoms with Gasteiger partial charge < -0.3 is 0 Å². The maximum Gasteiger partial charge on any atom is 0.137 e. The van der Waals surface area contributed by atoms with Crippen LogP contribution >= 0.6 is 27.3 Å². The summed E-state index contributed by atoms with van der Waals surface area (Å²) in [4.78, 5) is 5.81. The summed E-state index contributed by atoms with van der Waals surface area (Å²) in [5, 5.41) is 5.45. The van der Waals surface area contributed by atoms with E-state index in [4.69, 9.17) is 10.1 Å². The predicted octanol–water partition coefficient (Wildman–Crippen LogP) is 10.4. The molecule has 0 aliphatic heterocycles. The van der Waals surface area contributed by atoms with Crippen LogP contribution in [0.5, 0.6) is 0 Å². The Bertz CT molecular complexity index is 2170. The van der Waals surface area contributed by atoms with Gasteiger partial charge in [0.05, 0.1) is 20.6 Å². The molecule has 7 heteroatoms. The summed E-state index contributed by atoms with van der Waals surface area (Å²) in [5.41, 5.74) is 7.07. The van der Waals surface area contributed by atoms with E-state index < -0.39 is 5.54 Å². The van der Waals surface area contributed by atoms with Crippen LogP contribution in [-0.4, -0.2) is 19.2 Å². The zero-order valence-electron chi connectivity index (χ0n) is 24.7. The average Bonchev–Trinajstić information content (AvgIpc) is 3.85. The van der Waals surface area contributed by atoms with E-state index in [1.54, 1.807) is 11.3 Å². The molecule has 1 atom stereocenters. The van der Waals surface area contributed by atoms with Gasteiger partial charge in [-0.15, -0.1) is 11.3 Å². The number of hydrogen-bond acceptors (Lipinski definition) is 3. The van der Waals surface area contributed by atoms with Crippen LogP contribution in [0.15, 0.2) is 156 Å². The Kier molecular flexibility index (Phi) is 7.35. The second-order valence-electron chi connectivity index (χ2n) is 11.4. The minimum Gasteiger partial charge on any atom is -0.298 e. The summed E-state index contributed by atoms with van der Waals surface area (Å²) in [7, 11) is 0. The normalized spacial score (nSPS) is 14.7. The van der Waals surface area contributed by atoms with E-state index in [2.05, 4.69) is 141 Å². The van der Waals surface area contributed by atoms with Crippen LogP contribution < -0.4 is 0 Å². The molecule has 46 heavy (non-hydrogen) atoms. The molecule has 4 heterocycles. The summed E-state index contributed by atoms with van der Waals surface area (Å²) < 4.78 is 19.6. The van der Waals surface area contributed by atoms with Crippen molar-refractivity contribution in [1.29, 1.82) is 0 Å². The third-order valence-corrected chi connectivity index (χ3v) is 10.4. The lowest BCUT2D eigenvalue weighted by molar-refractivity contribution is 0.293. The number of fused-ring (bicyclic) bond motifs is 1. The van der Waals surface area contributed by atoms with E-state index >= 15 is 0 Å². The molecule has 3 aromatic carbocycles. The molecule has 0 amide bonds. The molecule has 8 rings (SSSR count). The van der Waals surface area contributed by atoms with Crippen LogP contribution in [0.4, 0.5) is 4.39 Å². The fourth-order valence-electron chi connectivity index (χ4n) is 6.67. The maximum absolute atomic E-state index is 14.2. The quantitative estimate of drug-likeness (QED) is 0.168. The number of aromatic nitrogens is 4. The molecule has 4 aromatic heterocycles. The minimum absolute atomic E-state index is 0.0797. The lowest BCUT2D eigenvalue weighted by atomic mass is 9.70. The summed E-state index contributed by atoms with van der Waals surface area (Å²) in [5.74, 6) is -0.200. The SMILES string of the molecule is Fc1ccc(-c2nn(C(c3ccccc3)(c3ccccc3)C3C=CC=CC3)cc2-c2ccc3ncc(-c4ccc(Br)s4)n3c2)cc1. The Balaban J connectivity index is 1.41. The highest BCUT2D eigenvalue weighted by molar-refractivity contribution is 9.11. The molecule has 1 unspecified atom stereocenters. The molecule has 224 valence electrons. The number of allylic oxidation sites excluding steroid dienone is 4. The zero-order chi connectivity index (χ0) is 31.1. The highest BCUT2D eigenvalue weighted by atomic mass is 79.9. The van der Waals surface area contributed by atoms with Crippen molar-refractivity contribution < 1.29 is 4.39 Å². The molecule has 0 bridgehead atoms. The van der Waals surface area contributed by atoms with Crippen molar-refractivity contribution in [2.45, 2.75) is 12.0 Å². The number of nitrogens with zero attached hydrogens (tertiary/aromatic N) is 4. The third kappa shape index (κ3) is 4.87. The topological polar surface area (TPSA) is 35.1 Å². The molecule has 0 radical (unpaired) electrons. The zero-order valence-corrected chi connectivity index (χ0v) is 27.1. The van der Waals surface area contributed by atoms with Crippen LogP contribution in [0.2, 0.25) is 0 Å². The van der Waals surface area contributed by atoms with E-state index in [1.807, 2.05) is 24.4 Å². The summed E-state index contributed by atoms with van der Waals surface area (Å²) >= 11 is 5.28. The Morgan fingerprint density at radius 2 is 1.50 bits per heavy atom. The van der Waals surface area contributed by atoms with Gasteiger partial charge in [0.25, 0.3) is 0 Å². The average molecular weight is 684 g/mol. The molecule has 0 N–H and O–H groups in total. The summed E-state index contributed by atoms with van der Waals surface area (Å²) in [6, 6.07) is 36.2. The molecule has 0 fully saturated rings. The van der Waals surface area contributed by atoms with E-state index in [0.29, 0.717) is 0 Å². The first kappa shape index (κ1) is 28.6. The smallest absolute Gasteiger partial charge is 0.137 e. The van der Waals surface area contributed by atoms with Crippen LogP contribution in [-0.2, 0) is 5.54 Å². The van der Waals surface area contributed by atoms with Gasteiger partial charge in [-0.3, -0.25) is 9.08 Å². The van der Waals surface area contributed by atoms with E-state index in [-0.39, 0.29) is 11.7 Å². The minimum atomic E-state index is -0.662. The lowest BCUT2D eigenvalue weighted by Crippen LogP contribution is -2.43. The van der Waals surface area contributed by atoms with Gasteiger partial charge >= 0.3 is 0 Å². The number of benzene rings is 3. The van der Waals surface area contributed by atoms with Crippen molar-refractivity contribution in [2.24, 2.45) is 5.92 Å². The number of rotatable bonds is 7. The number of hydrogen-bond donors (Lipinski definition) is 0.